The summed E-state index contributed by atoms with van der Waals surface area (Å²) in [5.41, 5.74) is 0. The summed E-state index contributed by atoms with van der Waals surface area (Å²) in [5, 5.41) is 0. The highest BCUT2D eigenvalue weighted by atomic mass is 79.9. The molecule has 3 heteroatoms. The van der Waals surface area contributed by atoms with Gasteiger partial charge in [-0.2, -0.15) is 0 Å². The lowest BCUT2D eigenvalue weighted by Gasteiger charge is -2.19. The van der Waals surface area contributed by atoms with Gasteiger partial charge >= 0.3 is 0 Å². The van der Waals surface area contributed by atoms with Crippen molar-refractivity contribution in [3.63, 3.8) is 0 Å². The van der Waals surface area contributed by atoms with Crippen molar-refractivity contribution in [2.24, 2.45) is 0 Å². The van der Waals surface area contributed by atoms with E-state index in [1.165, 1.54) is 0 Å². The van der Waals surface area contributed by atoms with Crippen molar-refractivity contribution in [3.8, 4) is 0 Å². The van der Waals surface area contributed by atoms with E-state index < -0.39 is 0 Å². The van der Waals surface area contributed by atoms with Crippen molar-refractivity contribution in [3.05, 3.63) is 13.8 Å². The predicted octanol–water partition coefficient (Wildman–Crippen LogP) is 3.73. The molecule has 0 aliphatic rings. The lowest BCUT2D eigenvalue weighted by molar-refractivity contribution is 0.770. The Bertz CT molecular complexity index is 74.9. The first-order valence-corrected chi connectivity index (χ1v) is 5.88. The zero-order valence-electron chi connectivity index (χ0n) is 5.69. The van der Waals surface area contributed by atoms with Gasteiger partial charge in [0.05, 0.1) is 0 Å². The summed E-state index contributed by atoms with van der Waals surface area (Å²) < 4.78 is 0. The van der Waals surface area contributed by atoms with Gasteiger partial charge < -0.3 is 0 Å². The maximum atomic E-state index is 3.81. The van der Waals surface area contributed by atoms with Crippen molar-refractivity contribution in [1.29, 1.82) is 0 Å². The van der Waals surface area contributed by atoms with Crippen molar-refractivity contribution >= 4 is 47.8 Å². The highest BCUT2D eigenvalue weighted by Crippen LogP contribution is 2.26. The fourth-order valence-corrected chi connectivity index (χ4v) is 2.22. The summed E-state index contributed by atoms with van der Waals surface area (Å²) in [4.78, 5) is 1.28. The molecular formula is C7H11Br3. The van der Waals surface area contributed by atoms with Crippen LogP contribution in [0.5, 0.6) is 0 Å². The molecule has 0 N–H and O–H groups in total. The Kier molecular flexibility index (Phi) is 6.88. The minimum Gasteiger partial charge on any atom is -0.0878 e. The second-order valence-corrected chi connectivity index (χ2v) is 5.46. The van der Waals surface area contributed by atoms with Crippen LogP contribution in [0.25, 0.3) is 0 Å². The summed E-state index contributed by atoms with van der Waals surface area (Å²) in [6.07, 6.45) is 1.77. The largest absolute Gasteiger partial charge is 0.0878 e. The van der Waals surface area contributed by atoms with Crippen LogP contribution in [-0.4, -0.2) is 14.5 Å². The maximum Gasteiger partial charge on any atom is 0.0396 e. The minimum absolute atomic E-state index is 0.419. The lowest BCUT2D eigenvalue weighted by atomic mass is 10.2. The molecule has 0 aromatic heterocycles. The average molecular weight is 335 g/mol. The van der Waals surface area contributed by atoms with Crippen molar-refractivity contribution in [2.75, 3.05) is 0 Å². The molecule has 0 amide bonds. The highest BCUT2D eigenvalue weighted by molar-refractivity contribution is 9.13. The molecular weight excluding hydrogens is 324 g/mol. The van der Waals surface area contributed by atoms with Crippen molar-refractivity contribution in [1.82, 2.24) is 0 Å². The normalized spacial score (nSPS) is 20.1. The van der Waals surface area contributed by atoms with Crippen LogP contribution in [0, 0.1) is 13.8 Å². The van der Waals surface area contributed by atoms with Gasteiger partial charge in [0.2, 0.25) is 0 Å². The molecule has 10 heavy (non-hydrogen) atoms. The summed E-state index contributed by atoms with van der Waals surface area (Å²) in [7, 11) is 0. The zero-order valence-corrected chi connectivity index (χ0v) is 10.5. The molecule has 0 saturated heterocycles. The molecule has 0 saturated carbocycles. The van der Waals surface area contributed by atoms with E-state index in [1.807, 2.05) is 0 Å². The third kappa shape index (κ3) is 3.72. The molecule has 60 valence electrons. The number of hydrogen-bond donors (Lipinski definition) is 0. The van der Waals surface area contributed by atoms with Crippen LogP contribution < -0.4 is 0 Å². The molecule has 0 bridgehead atoms. The number of rotatable bonds is 4. The summed E-state index contributed by atoms with van der Waals surface area (Å²) in [6, 6.07) is 0. The van der Waals surface area contributed by atoms with Crippen molar-refractivity contribution in [2.45, 2.75) is 27.3 Å². The van der Waals surface area contributed by atoms with Crippen LogP contribution in [-0.2, 0) is 0 Å². The fourth-order valence-electron chi connectivity index (χ4n) is 0.545. The number of halogens is 3. The fraction of sp³-hybridized carbons (Fsp3) is 0.714. The van der Waals surface area contributed by atoms with E-state index in [4.69, 9.17) is 0 Å². The Morgan fingerprint density at radius 1 is 0.900 bits per heavy atom. The third-order valence-corrected chi connectivity index (χ3v) is 5.99. The lowest BCUT2D eigenvalue weighted by Crippen LogP contribution is -2.23. The topological polar surface area (TPSA) is 0 Å². The first-order chi connectivity index (χ1) is 4.63. The van der Waals surface area contributed by atoms with E-state index in [2.05, 4.69) is 61.6 Å². The van der Waals surface area contributed by atoms with Gasteiger partial charge in [-0.15, -0.1) is 0 Å². The second kappa shape index (κ2) is 6.01. The Hall–Kier alpha value is 1.44. The van der Waals surface area contributed by atoms with Gasteiger partial charge in [0.15, 0.2) is 0 Å². The first-order valence-electron chi connectivity index (χ1n) is 3.14. The van der Waals surface area contributed by atoms with Crippen LogP contribution in [0.3, 0.4) is 0 Å². The van der Waals surface area contributed by atoms with E-state index in [0.717, 1.165) is 12.8 Å². The molecule has 2 atom stereocenters. The summed E-state index contributed by atoms with van der Waals surface area (Å²) in [6.45, 7) is 7.61. The summed E-state index contributed by atoms with van der Waals surface area (Å²) >= 11 is 10.6. The van der Waals surface area contributed by atoms with Crippen LogP contribution in [0.2, 0.25) is 0 Å². The maximum absolute atomic E-state index is 3.81. The number of alkyl halides is 3. The Morgan fingerprint density at radius 2 is 1.20 bits per heavy atom. The Morgan fingerprint density at radius 3 is 1.40 bits per heavy atom. The molecule has 0 spiro atoms. The van der Waals surface area contributed by atoms with Crippen LogP contribution in [0.1, 0.15) is 12.8 Å². The monoisotopic (exact) mass is 332 g/mol. The first kappa shape index (κ1) is 11.4. The van der Waals surface area contributed by atoms with Crippen molar-refractivity contribution < 1.29 is 0 Å². The Labute approximate surface area is 88.5 Å². The zero-order chi connectivity index (χ0) is 8.15. The molecule has 0 aliphatic carbocycles. The predicted molar refractivity (Wildman–Crippen MR) is 58.1 cm³/mol. The smallest absolute Gasteiger partial charge is 0.0396 e. The van der Waals surface area contributed by atoms with Gasteiger partial charge in [-0.3, -0.25) is 0 Å². The quantitative estimate of drug-likeness (QED) is 0.687. The summed E-state index contributed by atoms with van der Waals surface area (Å²) in [5.74, 6) is 0. The minimum atomic E-state index is 0.419. The van der Waals surface area contributed by atoms with Gasteiger partial charge in [-0.05, 0) is 12.8 Å². The molecule has 0 aromatic carbocycles. The van der Waals surface area contributed by atoms with E-state index in [9.17, 15) is 0 Å². The van der Waals surface area contributed by atoms with E-state index in [-0.39, 0.29) is 0 Å². The van der Waals surface area contributed by atoms with Crippen LogP contribution in [0.4, 0.5) is 0 Å². The molecule has 0 rings (SSSR count). The average Bonchev–Trinajstić information content (AvgIpc) is 2.00. The molecule has 0 heterocycles. The third-order valence-electron chi connectivity index (χ3n) is 1.24. The van der Waals surface area contributed by atoms with E-state index in [1.54, 1.807) is 0 Å². The van der Waals surface area contributed by atoms with Gasteiger partial charge in [0, 0.05) is 14.5 Å². The standard InChI is InChI=1S/C7H11Br3/c1-3-5(8)7(10)6(9)4-2/h5-7H,1-4H2. The Balaban J connectivity index is 3.69. The molecule has 0 aromatic rings. The highest BCUT2D eigenvalue weighted by Gasteiger charge is 2.20. The van der Waals surface area contributed by atoms with Gasteiger partial charge in [-0.1, -0.05) is 61.6 Å². The number of hydrogen-bond acceptors (Lipinski definition) is 0. The van der Waals surface area contributed by atoms with Gasteiger partial charge in [-0.25, -0.2) is 0 Å². The molecule has 2 unspecified atom stereocenters. The molecule has 0 nitrogen and oxygen atoms in total. The van der Waals surface area contributed by atoms with E-state index >= 15 is 0 Å². The van der Waals surface area contributed by atoms with Crippen LogP contribution in [0.15, 0.2) is 0 Å². The van der Waals surface area contributed by atoms with Gasteiger partial charge in [0.1, 0.15) is 0 Å². The van der Waals surface area contributed by atoms with Gasteiger partial charge in [0.25, 0.3) is 0 Å². The molecule has 0 fully saturated rings. The second-order valence-electron chi connectivity index (χ2n) is 2.05. The van der Waals surface area contributed by atoms with Crippen LogP contribution >= 0.6 is 47.8 Å². The SMILES string of the molecule is [CH2]CC(Br)C(Br)C(Br)C[CH2]. The van der Waals surface area contributed by atoms with E-state index in [0.29, 0.717) is 14.5 Å². The molecule has 0 aliphatic heterocycles. The molecule has 2 radical (unpaired) electrons.